The van der Waals surface area contributed by atoms with E-state index in [0.29, 0.717) is 66.8 Å². The molecule has 0 radical (unpaired) electrons. The van der Waals surface area contributed by atoms with Gasteiger partial charge in [0, 0.05) is 42.9 Å². The summed E-state index contributed by atoms with van der Waals surface area (Å²) in [4.78, 5) is 35.3. The number of morpholine rings is 1. The molecule has 0 saturated carbocycles. The average Bonchev–Trinajstić information content (AvgIpc) is 3.46. The number of amides is 1. The lowest BCUT2D eigenvalue weighted by molar-refractivity contribution is -0.155. The molecule has 2 aliphatic rings. The Hall–Kier alpha value is -3.80. The highest BCUT2D eigenvalue weighted by molar-refractivity contribution is 6.31. The molecule has 2 saturated heterocycles. The van der Waals surface area contributed by atoms with Crippen LogP contribution in [0.3, 0.4) is 0 Å². The van der Waals surface area contributed by atoms with Crippen LogP contribution in [-0.4, -0.2) is 71.8 Å². The molecule has 0 bridgehead atoms. The van der Waals surface area contributed by atoms with E-state index in [2.05, 4.69) is 20.6 Å². The van der Waals surface area contributed by atoms with Gasteiger partial charge in [-0.15, -0.1) is 0 Å². The topological polar surface area (TPSA) is 115 Å². The highest BCUT2D eigenvalue weighted by Crippen LogP contribution is 2.34. The second kappa shape index (κ2) is 12.6. The molecule has 1 amide bonds. The minimum Gasteiger partial charge on any atom is -0.489 e. The number of nitrogens with zero attached hydrogens (tertiary/aromatic N) is 3. The van der Waals surface area contributed by atoms with Crippen molar-refractivity contribution in [1.82, 2.24) is 14.9 Å². The quantitative estimate of drug-likeness (QED) is 0.284. The SMILES string of the molecule is C[C@H]1C(=O)OCCN1CC=CC(=O)Nc1cc2c(Nc3ccc(F)c(Cl)c3)ncnc2cc1OC[C@H]1CCCO1. The van der Waals surface area contributed by atoms with E-state index in [-0.39, 0.29) is 29.0 Å². The maximum atomic E-state index is 13.6. The Bertz CT molecular complexity index is 1430. The molecule has 12 heteroatoms. The van der Waals surface area contributed by atoms with Gasteiger partial charge in [0.05, 0.1) is 22.3 Å². The molecule has 2 atom stereocenters. The van der Waals surface area contributed by atoms with Gasteiger partial charge in [-0.2, -0.15) is 0 Å². The Kier molecular flexibility index (Phi) is 8.73. The molecular formula is C28H29ClFN5O5. The average molecular weight is 570 g/mol. The lowest BCUT2D eigenvalue weighted by Crippen LogP contribution is -2.47. The van der Waals surface area contributed by atoms with Crippen molar-refractivity contribution in [2.24, 2.45) is 0 Å². The summed E-state index contributed by atoms with van der Waals surface area (Å²) in [5.41, 5.74) is 1.53. The first kappa shape index (κ1) is 27.8. The number of hydrogen-bond acceptors (Lipinski definition) is 9. The van der Waals surface area contributed by atoms with Gasteiger partial charge in [0.1, 0.15) is 43.0 Å². The fraction of sp³-hybridized carbons (Fsp3) is 0.357. The lowest BCUT2D eigenvalue weighted by Gasteiger charge is -2.30. The molecule has 2 aliphatic heterocycles. The van der Waals surface area contributed by atoms with Crippen LogP contribution < -0.4 is 15.4 Å². The third kappa shape index (κ3) is 6.67. The number of cyclic esters (lactones) is 1. The summed E-state index contributed by atoms with van der Waals surface area (Å²) < 4.78 is 30.5. The number of nitrogens with one attached hydrogen (secondary N) is 2. The fourth-order valence-corrected chi connectivity index (χ4v) is 4.70. The number of halogens is 2. The van der Waals surface area contributed by atoms with Crippen molar-refractivity contribution in [3.63, 3.8) is 0 Å². The Morgan fingerprint density at radius 3 is 2.95 bits per heavy atom. The number of aromatic nitrogens is 2. The Labute approximate surface area is 235 Å². The molecule has 0 spiro atoms. The van der Waals surface area contributed by atoms with Crippen molar-refractivity contribution in [3.8, 4) is 5.75 Å². The first-order valence-corrected chi connectivity index (χ1v) is 13.4. The highest BCUT2D eigenvalue weighted by Gasteiger charge is 2.26. The van der Waals surface area contributed by atoms with Crippen LogP contribution >= 0.6 is 11.6 Å². The van der Waals surface area contributed by atoms with Crippen LogP contribution in [0.5, 0.6) is 5.75 Å². The van der Waals surface area contributed by atoms with Crippen LogP contribution in [0.15, 0.2) is 48.8 Å². The number of carbonyl (C=O) groups excluding carboxylic acids is 2. The summed E-state index contributed by atoms with van der Waals surface area (Å²) in [6.45, 7) is 4.15. The predicted octanol–water partition coefficient (Wildman–Crippen LogP) is 4.47. The van der Waals surface area contributed by atoms with Crippen molar-refractivity contribution in [2.45, 2.75) is 31.9 Å². The van der Waals surface area contributed by atoms with E-state index in [4.69, 9.17) is 25.8 Å². The van der Waals surface area contributed by atoms with Crippen LogP contribution in [0.1, 0.15) is 19.8 Å². The summed E-state index contributed by atoms with van der Waals surface area (Å²) in [7, 11) is 0. The molecule has 1 aromatic heterocycles. The maximum absolute atomic E-state index is 13.6. The molecular weight excluding hydrogens is 541 g/mol. The van der Waals surface area contributed by atoms with E-state index < -0.39 is 5.82 Å². The molecule has 2 aromatic carbocycles. The number of ether oxygens (including phenoxy) is 3. The monoisotopic (exact) mass is 569 g/mol. The Morgan fingerprint density at radius 1 is 1.27 bits per heavy atom. The standard InChI is InChI=1S/C28H29ClFN5O5/c1-17-28(37)39-11-9-35(17)8-2-5-26(36)34-24-13-20-23(14-25(24)40-15-19-4-3-10-38-19)31-16-32-27(20)33-18-6-7-22(30)21(29)12-18/h2,5-7,12-14,16-17,19H,3-4,8-11,15H2,1H3,(H,34,36)(H,31,32,33)/t17-,19+/m0/s1. The van der Waals surface area contributed by atoms with Gasteiger partial charge in [-0.1, -0.05) is 17.7 Å². The molecule has 40 heavy (non-hydrogen) atoms. The third-order valence-corrected chi connectivity index (χ3v) is 7.04. The molecule has 2 N–H and O–H groups in total. The van der Waals surface area contributed by atoms with E-state index in [1.165, 1.54) is 24.5 Å². The van der Waals surface area contributed by atoms with Crippen LogP contribution in [0.4, 0.5) is 21.6 Å². The summed E-state index contributed by atoms with van der Waals surface area (Å²) in [5, 5.41) is 6.60. The molecule has 210 valence electrons. The molecule has 2 fully saturated rings. The van der Waals surface area contributed by atoms with Crippen molar-refractivity contribution < 1.29 is 28.2 Å². The second-order valence-corrected chi connectivity index (χ2v) is 9.92. The second-order valence-electron chi connectivity index (χ2n) is 9.52. The van der Waals surface area contributed by atoms with Crippen LogP contribution in [-0.2, 0) is 19.1 Å². The van der Waals surface area contributed by atoms with Crippen molar-refractivity contribution in [3.05, 3.63) is 59.7 Å². The molecule has 3 aromatic rings. The van der Waals surface area contributed by atoms with Gasteiger partial charge < -0.3 is 24.8 Å². The van der Waals surface area contributed by atoms with Crippen LogP contribution in [0, 0.1) is 5.82 Å². The van der Waals surface area contributed by atoms with Gasteiger partial charge in [-0.25, -0.2) is 14.4 Å². The van der Waals surface area contributed by atoms with Gasteiger partial charge >= 0.3 is 5.97 Å². The minimum absolute atomic E-state index is 0.0243. The fourth-order valence-electron chi connectivity index (χ4n) is 4.52. The number of benzene rings is 2. The van der Waals surface area contributed by atoms with Crippen molar-refractivity contribution in [2.75, 3.05) is 43.5 Å². The van der Waals surface area contributed by atoms with E-state index in [9.17, 15) is 14.0 Å². The smallest absolute Gasteiger partial charge is 0.323 e. The zero-order chi connectivity index (χ0) is 28.1. The molecule has 0 aliphatic carbocycles. The molecule has 3 heterocycles. The molecule has 5 rings (SSSR count). The van der Waals surface area contributed by atoms with Crippen LogP contribution in [0.25, 0.3) is 10.9 Å². The number of carbonyl (C=O) groups is 2. The first-order chi connectivity index (χ1) is 19.4. The Morgan fingerprint density at radius 2 is 2.15 bits per heavy atom. The van der Waals surface area contributed by atoms with E-state index >= 15 is 0 Å². The normalized spacial score (nSPS) is 19.6. The lowest BCUT2D eigenvalue weighted by atomic mass is 10.1. The summed E-state index contributed by atoms with van der Waals surface area (Å²) in [6.07, 6.45) is 6.37. The largest absolute Gasteiger partial charge is 0.489 e. The number of esters is 1. The first-order valence-electron chi connectivity index (χ1n) is 13.0. The highest BCUT2D eigenvalue weighted by atomic mass is 35.5. The minimum atomic E-state index is -0.527. The van der Waals surface area contributed by atoms with Gasteiger partial charge in [-0.3, -0.25) is 14.5 Å². The number of hydrogen-bond donors (Lipinski definition) is 2. The van der Waals surface area contributed by atoms with Crippen molar-refractivity contribution >= 4 is 51.6 Å². The number of anilines is 3. The zero-order valence-corrected chi connectivity index (χ0v) is 22.6. The maximum Gasteiger partial charge on any atom is 0.323 e. The summed E-state index contributed by atoms with van der Waals surface area (Å²) in [5.74, 6) is -0.296. The van der Waals surface area contributed by atoms with Gasteiger partial charge in [0.15, 0.2) is 0 Å². The zero-order valence-electron chi connectivity index (χ0n) is 21.9. The summed E-state index contributed by atoms with van der Waals surface area (Å²) in [6, 6.07) is 7.35. The van der Waals surface area contributed by atoms with Gasteiger partial charge in [-0.05, 0) is 44.0 Å². The predicted molar refractivity (Wildman–Crippen MR) is 148 cm³/mol. The van der Waals surface area contributed by atoms with E-state index in [0.717, 1.165) is 12.8 Å². The van der Waals surface area contributed by atoms with Gasteiger partial charge in [0.2, 0.25) is 5.91 Å². The van der Waals surface area contributed by atoms with E-state index in [1.807, 2.05) is 4.90 Å². The molecule has 10 nitrogen and oxygen atoms in total. The summed E-state index contributed by atoms with van der Waals surface area (Å²) >= 11 is 5.94. The third-order valence-electron chi connectivity index (χ3n) is 6.75. The number of rotatable bonds is 9. The van der Waals surface area contributed by atoms with Gasteiger partial charge in [0.25, 0.3) is 0 Å². The van der Waals surface area contributed by atoms with Crippen LogP contribution in [0.2, 0.25) is 5.02 Å². The molecule has 0 unspecified atom stereocenters. The number of fused-ring (bicyclic) bond motifs is 1. The van der Waals surface area contributed by atoms with E-state index in [1.54, 1.807) is 31.2 Å². The van der Waals surface area contributed by atoms with Crippen molar-refractivity contribution in [1.29, 1.82) is 0 Å². The Balaban J connectivity index is 1.38.